The third kappa shape index (κ3) is 13.9. The van der Waals surface area contributed by atoms with Crippen molar-refractivity contribution in [3.63, 3.8) is 0 Å². The molecule has 2 rings (SSSR count). The van der Waals surface area contributed by atoms with E-state index in [-0.39, 0.29) is 51.3 Å². The molecule has 0 saturated heterocycles. The Morgan fingerprint density at radius 2 is 1.60 bits per heavy atom. The second-order valence-electron chi connectivity index (χ2n) is 10.8. The number of rotatable bonds is 21. The van der Waals surface area contributed by atoms with E-state index in [1.54, 1.807) is 0 Å². The summed E-state index contributed by atoms with van der Waals surface area (Å²) in [6, 6.07) is 9.00. The molecule has 0 aliphatic heterocycles. The van der Waals surface area contributed by atoms with E-state index >= 15 is 0 Å². The fraction of sp³-hybridized carbons (Fsp3) is 0.515. The van der Waals surface area contributed by atoms with Crippen LogP contribution in [-0.4, -0.2) is 83.7 Å². The Labute approximate surface area is 274 Å². The maximum absolute atomic E-state index is 13.3. The number of aryl methyl sites for hydroxylation is 2. The van der Waals surface area contributed by atoms with E-state index in [0.29, 0.717) is 35.4 Å². The molecule has 248 valence electrons. The molecular formula is C33H49N5O6S. The minimum absolute atomic E-state index is 0.0369. The molecule has 11 nitrogen and oxygen atoms in total. The number of nitrogens with two attached hydrogens (primary N) is 1. The van der Waals surface area contributed by atoms with Gasteiger partial charge in [-0.05, 0) is 85.9 Å². The Hall–Kier alpha value is -3.61. The third-order valence-corrected chi connectivity index (χ3v) is 7.77. The van der Waals surface area contributed by atoms with Crippen LogP contribution >= 0.6 is 11.8 Å². The number of hydrogen-bond donors (Lipinski definition) is 7. The van der Waals surface area contributed by atoms with Crippen LogP contribution in [0.2, 0.25) is 1.41 Å². The highest BCUT2D eigenvalue weighted by Crippen LogP contribution is 2.22. The van der Waals surface area contributed by atoms with Crippen LogP contribution in [0.4, 0.5) is 0 Å². The summed E-state index contributed by atoms with van der Waals surface area (Å²) in [7, 11) is 0. The van der Waals surface area contributed by atoms with Crippen LogP contribution in [-0.2, 0) is 32.0 Å². The smallest absolute Gasteiger partial charge is 0.243 e. The first-order valence-electron chi connectivity index (χ1n) is 17.0. The van der Waals surface area contributed by atoms with E-state index in [0.717, 1.165) is 24.8 Å². The molecule has 2 aromatic rings. The number of carbonyl (C=O) groups is 4. The maximum atomic E-state index is 13.3. The molecule has 4 amide bonds. The molecule has 0 aromatic heterocycles. The largest absolute Gasteiger partial charge is 0.508 e. The number of unbranched alkanes of at least 4 members (excludes halogenated alkanes) is 3. The summed E-state index contributed by atoms with van der Waals surface area (Å²) in [6.07, 6.45) is 5.45. The number of amides is 4. The lowest BCUT2D eigenvalue weighted by Crippen LogP contribution is -2.54. The van der Waals surface area contributed by atoms with E-state index in [9.17, 15) is 24.3 Å². The average Bonchev–Trinajstić information content (AvgIpc) is 3.09. The van der Waals surface area contributed by atoms with Gasteiger partial charge >= 0.3 is 0 Å². The molecule has 2 aromatic carbocycles. The van der Waals surface area contributed by atoms with Crippen LogP contribution in [0.1, 0.15) is 57.1 Å². The summed E-state index contributed by atoms with van der Waals surface area (Å²) in [5.41, 5.74) is 4.43. The number of benzene rings is 2. The van der Waals surface area contributed by atoms with Gasteiger partial charge in [0, 0.05) is 22.3 Å². The summed E-state index contributed by atoms with van der Waals surface area (Å²) in [6.45, 7) is -0.260. The maximum Gasteiger partial charge on any atom is 0.243 e. The number of thioether (sulfide) groups is 1. The van der Waals surface area contributed by atoms with E-state index in [2.05, 4.69) is 27.0 Å². The Balaban J connectivity index is 2.05. The molecule has 0 bridgehead atoms. The minimum atomic E-state index is -1.12. The zero-order valence-electron chi connectivity index (χ0n) is 28.9. The van der Waals surface area contributed by atoms with Crippen LogP contribution in [0.25, 0.3) is 0 Å². The Morgan fingerprint density at radius 3 is 2.24 bits per heavy atom. The van der Waals surface area contributed by atoms with Crippen molar-refractivity contribution in [1.82, 2.24) is 21.3 Å². The molecule has 0 spiro atoms. The summed E-state index contributed by atoms with van der Waals surface area (Å²) in [5, 5.41) is 29.7. The fourth-order valence-electron chi connectivity index (χ4n) is 4.64. The molecule has 0 unspecified atom stereocenters. The van der Waals surface area contributed by atoms with Crippen LogP contribution < -0.4 is 27.0 Å². The number of carbonyl (C=O) groups excluding carboxylic acids is 4. The topological polar surface area (TPSA) is 183 Å². The van der Waals surface area contributed by atoms with Crippen molar-refractivity contribution in [2.45, 2.75) is 76.9 Å². The van der Waals surface area contributed by atoms with Crippen molar-refractivity contribution in [3.05, 3.63) is 64.7 Å². The highest BCUT2D eigenvalue weighted by molar-refractivity contribution is 7.98. The predicted octanol–water partition coefficient (Wildman–Crippen LogP) is 1.63. The zero-order valence-corrected chi connectivity index (χ0v) is 26.7. The van der Waals surface area contributed by atoms with E-state index in [1.165, 1.54) is 23.9 Å². The van der Waals surface area contributed by atoms with Crippen molar-refractivity contribution in [2.75, 3.05) is 31.7 Å². The Bertz CT molecular complexity index is 1280. The van der Waals surface area contributed by atoms with Crippen molar-refractivity contribution in [1.29, 1.82) is 0 Å². The number of nitrogens with one attached hydrogen (secondary N) is 4. The van der Waals surface area contributed by atoms with E-state index in [1.807, 2.05) is 36.6 Å². The van der Waals surface area contributed by atoms with Gasteiger partial charge in [-0.3, -0.25) is 19.2 Å². The van der Waals surface area contributed by atoms with E-state index in [4.69, 9.17) is 9.26 Å². The van der Waals surface area contributed by atoms with Gasteiger partial charge < -0.3 is 37.2 Å². The molecule has 0 aliphatic rings. The first-order chi connectivity index (χ1) is 23.2. The van der Waals surface area contributed by atoms with Crippen LogP contribution in [0.3, 0.4) is 0 Å². The normalized spacial score (nSPS) is 13.8. The number of aliphatic hydroxyl groups is 1. The van der Waals surface area contributed by atoms with Gasteiger partial charge in [-0.2, -0.15) is 11.8 Å². The molecule has 12 heteroatoms. The lowest BCUT2D eigenvalue weighted by atomic mass is 9.96. The predicted molar refractivity (Wildman–Crippen MR) is 178 cm³/mol. The summed E-state index contributed by atoms with van der Waals surface area (Å²) in [5.74, 6) is -1.75. The van der Waals surface area contributed by atoms with Crippen LogP contribution in [0, 0.1) is 13.8 Å². The number of phenolic OH excluding ortho intramolecular Hbond substituents is 1. The van der Waals surface area contributed by atoms with Gasteiger partial charge in [0.25, 0.3) is 0 Å². The SMILES string of the molecule is [2H]Cc1cc(O)cc(C[2H])c1C[C@H](N[2H])C(=O)N[C@@H](CCSC)C(=O)NCC(=O)N[C@@H](Cc1ccccc1)C(=O)NCCCCCCO. The molecule has 8 N–H and O–H groups in total. The van der Waals surface area contributed by atoms with Crippen molar-refractivity contribution in [2.24, 2.45) is 5.73 Å². The molecule has 0 aliphatic carbocycles. The second-order valence-corrected chi connectivity index (χ2v) is 11.8. The lowest BCUT2D eigenvalue weighted by molar-refractivity contribution is -0.131. The molecule has 0 saturated carbocycles. The zero-order chi connectivity index (χ0) is 35.3. The summed E-state index contributed by atoms with van der Waals surface area (Å²) in [4.78, 5) is 52.4. The fourth-order valence-corrected chi connectivity index (χ4v) is 5.11. The number of aliphatic hydroxyl groups excluding tert-OH is 1. The molecular weight excluding hydrogens is 594 g/mol. The van der Waals surface area contributed by atoms with Gasteiger partial charge in [0.05, 0.1) is 12.6 Å². The number of hydrogen-bond acceptors (Lipinski definition) is 8. The van der Waals surface area contributed by atoms with E-state index < -0.39 is 42.4 Å². The second kappa shape index (κ2) is 20.4. The van der Waals surface area contributed by atoms with Crippen LogP contribution in [0.15, 0.2) is 42.5 Å². The van der Waals surface area contributed by atoms with Gasteiger partial charge in [0.1, 0.15) is 19.2 Å². The lowest BCUT2D eigenvalue weighted by Gasteiger charge is -2.22. The van der Waals surface area contributed by atoms with Gasteiger partial charge in [-0.15, -0.1) is 0 Å². The first kappa shape index (κ1) is 32.8. The van der Waals surface area contributed by atoms with Crippen molar-refractivity contribution >= 4 is 35.4 Å². The van der Waals surface area contributed by atoms with Gasteiger partial charge in [-0.25, -0.2) is 0 Å². The number of aromatic hydroxyl groups is 1. The Morgan fingerprint density at radius 1 is 0.911 bits per heavy atom. The highest BCUT2D eigenvalue weighted by Gasteiger charge is 2.26. The first-order valence-corrected chi connectivity index (χ1v) is 16.4. The van der Waals surface area contributed by atoms with Crippen molar-refractivity contribution < 1.29 is 33.5 Å². The molecule has 0 heterocycles. The minimum Gasteiger partial charge on any atom is -0.508 e. The summed E-state index contributed by atoms with van der Waals surface area (Å²) < 4.78 is 23.4. The highest BCUT2D eigenvalue weighted by atomic mass is 32.2. The van der Waals surface area contributed by atoms with Crippen molar-refractivity contribution in [3.8, 4) is 5.75 Å². The molecule has 45 heavy (non-hydrogen) atoms. The standard InChI is InChI=1S/C33H49N5O6S/c1-22-17-25(40)18-23(2)26(22)20-27(34)31(42)38-28(13-16-45-3)32(43)36-21-30(41)37-29(19-24-11-7-6-8-12-24)33(44)35-14-9-4-5-10-15-39/h6-8,11-12,17-18,27-29,39-40H,4-5,9-10,13-16,19-21,34H2,1-3H3,(H,35,44)(H,36,43)(H,37,41)(H,38,42)/t27-,28-,29-/m0/s1/i1D,2D/hD. The van der Waals surface area contributed by atoms with Gasteiger partial charge in [0.15, 0.2) is 0 Å². The molecule has 0 fully saturated rings. The van der Waals surface area contributed by atoms with Gasteiger partial charge in [0.2, 0.25) is 23.6 Å². The monoisotopic (exact) mass is 646 g/mol. The Kier molecular flexibility index (Phi) is 14.9. The quantitative estimate of drug-likeness (QED) is 0.0999. The van der Waals surface area contributed by atoms with Crippen LogP contribution in [0.5, 0.6) is 5.75 Å². The molecule has 0 radical (unpaired) electrons. The average molecular weight is 647 g/mol. The summed E-state index contributed by atoms with van der Waals surface area (Å²) >= 11 is 1.47. The third-order valence-electron chi connectivity index (χ3n) is 7.13. The molecule has 3 atom stereocenters. The number of phenols is 1. The van der Waals surface area contributed by atoms with Gasteiger partial charge in [-0.1, -0.05) is 43.2 Å².